The average Bonchev–Trinajstić information content (AvgIpc) is 2.76. The fourth-order valence-electron chi connectivity index (χ4n) is 1.95. The molecule has 0 saturated heterocycles. The Morgan fingerprint density at radius 2 is 2.28 bits per heavy atom. The Balaban J connectivity index is 2.03. The van der Waals surface area contributed by atoms with Gasteiger partial charge in [0.05, 0.1) is 6.61 Å². The molecule has 1 aromatic carbocycles. The molecular formula is C14H18N2O2. The van der Waals surface area contributed by atoms with E-state index >= 15 is 0 Å². The average molecular weight is 246 g/mol. The number of H-pyrrole nitrogens is 1. The third-order valence-electron chi connectivity index (χ3n) is 2.87. The molecule has 0 bridgehead atoms. The van der Waals surface area contributed by atoms with Crippen molar-refractivity contribution in [3.63, 3.8) is 0 Å². The fourth-order valence-corrected chi connectivity index (χ4v) is 1.95. The Bertz CT molecular complexity index is 546. The Morgan fingerprint density at radius 3 is 3.06 bits per heavy atom. The number of aromatic amines is 1. The predicted molar refractivity (Wildman–Crippen MR) is 71.1 cm³/mol. The van der Waals surface area contributed by atoms with Crippen molar-refractivity contribution in [1.82, 2.24) is 10.5 Å². The lowest BCUT2D eigenvalue weighted by atomic mass is 10.1. The summed E-state index contributed by atoms with van der Waals surface area (Å²) in [5.74, 6) is -0.0844. The van der Waals surface area contributed by atoms with Crippen molar-refractivity contribution < 1.29 is 9.63 Å². The van der Waals surface area contributed by atoms with Gasteiger partial charge in [0.25, 0.3) is 0 Å². The molecule has 0 aliphatic rings. The van der Waals surface area contributed by atoms with Crippen LogP contribution in [0.25, 0.3) is 10.9 Å². The largest absolute Gasteiger partial charge is 0.361 e. The van der Waals surface area contributed by atoms with E-state index < -0.39 is 0 Å². The van der Waals surface area contributed by atoms with Gasteiger partial charge in [-0.25, -0.2) is 5.48 Å². The molecule has 2 rings (SSSR count). The first kappa shape index (κ1) is 12.6. The van der Waals surface area contributed by atoms with Crippen LogP contribution in [0.1, 0.15) is 24.5 Å². The number of hydroxylamine groups is 1. The van der Waals surface area contributed by atoms with Crippen LogP contribution < -0.4 is 5.48 Å². The maximum absolute atomic E-state index is 11.5. The Morgan fingerprint density at radius 1 is 1.44 bits per heavy atom. The number of aromatic nitrogens is 1. The first-order valence-electron chi connectivity index (χ1n) is 6.18. The van der Waals surface area contributed by atoms with Crippen LogP contribution in [0.15, 0.2) is 24.4 Å². The molecule has 0 aliphatic carbocycles. The SMILES string of the molecule is CCONC(=O)CCc1c[nH]c2ccc(C)cc12. The first-order valence-corrected chi connectivity index (χ1v) is 6.18. The lowest BCUT2D eigenvalue weighted by molar-refractivity contribution is -0.133. The molecule has 18 heavy (non-hydrogen) atoms. The third kappa shape index (κ3) is 2.90. The predicted octanol–water partition coefficient (Wildman–Crippen LogP) is 2.48. The van der Waals surface area contributed by atoms with Crippen molar-refractivity contribution in [2.24, 2.45) is 0 Å². The number of rotatable bonds is 5. The van der Waals surface area contributed by atoms with Gasteiger partial charge in [-0.2, -0.15) is 0 Å². The molecular weight excluding hydrogens is 228 g/mol. The second-order valence-electron chi connectivity index (χ2n) is 4.32. The zero-order valence-electron chi connectivity index (χ0n) is 10.7. The summed E-state index contributed by atoms with van der Waals surface area (Å²) in [6.07, 6.45) is 3.11. The Kier molecular flexibility index (Phi) is 3.99. The molecule has 1 heterocycles. The van der Waals surface area contributed by atoms with Crippen molar-refractivity contribution in [2.75, 3.05) is 6.61 Å². The number of carbonyl (C=O) groups excluding carboxylic acids is 1. The maximum atomic E-state index is 11.5. The number of carbonyl (C=O) groups is 1. The monoisotopic (exact) mass is 246 g/mol. The second kappa shape index (κ2) is 5.69. The number of nitrogens with one attached hydrogen (secondary N) is 2. The van der Waals surface area contributed by atoms with Gasteiger partial charge in [-0.3, -0.25) is 9.63 Å². The standard InChI is InChI=1S/C14H18N2O2/c1-3-18-16-14(17)7-5-11-9-15-13-6-4-10(2)8-12(11)13/h4,6,8-9,15H,3,5,7H2,1-2H3,(H,16,17). The van der Waals surface area contributed by atoms with Gasteiger partial charge in [0.2, 0.25) is 5.91 Å². The van der Waals surface area contributed by atoms with Gasteiger partial charge in [0.1, 0.15) is 0 Å². The summed E-state index contributed by atoms with van der Waals surface area (Å²) in [4.78, 5) is 19.5. The highest BCUT2D eigenvalue weighted by Crippen LogP contribution is 2.20. The maximum Gasteiger partial charge on any atom is 0.243 e. The number of benzene rings is 1. The second-order valence-corrected chi connectivity index (χ2v) is 4.32. The summed E-state index contributed by atoms with van der Waals surface area (Å²) < 4.78 is 0. The molecule has 96 valence electrons. The van der Waals surface area contributed by atoms with Crippen LogP contribution in [0.2, 0.25) is 0 Å². The minimum absolute atomic E-state index is 0.0844. The van der Waals surface area contributed by atoms with Crippen molar-refractivity contribution in [2.45, 2.75) is 26.7 Å². The van der Waals surface area contributed by atoms with E-state index in [4.69, 9.17) is 4.84 Å². The summed E-state index contributed by atoms with van der Waals surface area (Å²) in [5, 5.41) is 1.19. The van der Waals surface area contributed by atoms with E-state index in [1.165, 1.54) is 16.5 Å². The van der Waals surface area contributed by atoms with E-state index in [9.17, 15) is 4.79 Å². The summed E-state index contributed by atoms with van der Waals surface area (Å²) >= 11 is 0. The number of amides is 1. The van der Waals surface area contributed by atoms with Crippen LogP contribution in [0.3, 0.4) is 0 Å². The lowest BCUT2D eigenvalue weighted by Gasteiger charge is -2.03. The Labute approximate surface area is 106 Å². The quantitative estimate of drug-likeness (QED) is 0.796. The third-order valence-corrected chi connectivity index (χ3v) is 2.87. The molecule has 1 aromatic heterocycles. The number of aryl methyl sites for hydroxylation is 2. The van der Waals surface area contributed by atoms with Gasteiger partial charge >= 0.3 is 0 Å². The highest BCUT2D eigenvalue weighted by Gasteiger charge is 2.07. The van der Waals surface area contributed by atoms with Crippen LogP contribution in [0.5, 0.6) is 0 Å². The van der Waals surface area contributed by atoms with Crippen LogP contribution >= 0.6 is 0 Å². The topological polar surface area (TPSA) is 54.1 Å². The normalized spacial score (nSPS) is 10.8. The van der Waals surface area contributed by atoms with E-state index in [2.05, 4.69) is 35.6 Å². The van der Waals surface area contributed by atoms with E-state index in [0.717, 1.165) is 5.52 Å². The van der Waals surface area contributed by atoms with Gasteiger partial charge in [0.15, 0.2) is 0 Å². The number of hydrogen-bond donors (Lipinski definition) is 2. The van der Waals surface area contributed by atoms with Gasteiger partial charge < -0.3 is 4.98 Å². The highest BCUT2D eigenvalue weighted by atomic mass is 16.6. The summed E-state index contributed by atoms with van der Waals surface area (Å²) in [6, 6.07) is 6.28. The van der Waals surface area contributed by atoms with Gasteiger partial charge in [-0.1, -0.05) is 11.6 Å². The molecule has 4 heteroatoms. The molecule has 2 N–H and O–H groups in total. The zero-order chi connectivity index (χ0) is 13.0. The smallest absolute Gasteiger partial charge is 0.243 e. The molecule has 0 atom stereocenters. The van der Waals surface area contributed by atoms with Gasteiger partial charge in [-0.05, 0) is 38.0 Å². The van der Waals surface area contributed by atoms with E-state index in [1.54, 1.807) is 0 Å². The number of hydrogen-bond acceptors (Lipinski definition) is 2. The molecule has 0 aliphatic heterocycles. The van der Waals surface area contributed by atoms with E-state index in [0.29, 0.717) is 19.4 Å². The Hall–Kier alpha value is -1.81. The van der Waals surface area contributed by atoms with Crippen LogP contribution in [-0.2, 0) is 16.1 Å². The lowest BCUT2D eigenvalue weighted by Crippen LogP contribution is -2.23. The van der Waals surface area contributed by atoms with Crippen molar-refractivity contribution >= 4 is 16.8 Å². The molecule has 0 unspecified atom stereocenters. The first-order chi connectivity index (χ1) is 8.70. The van der Waals surface area contributed by atoms with Crippen LogP contribution in [-0.4, -0.2) is 17.5 Å². The van der Waals surface area contributed by atoms with Gasteiger partial charge in [-0.15, -0.1) is 0 Å². The van der Waals surface area contributed by atoms with Crippen LogP contribution in [0, 0.1) is 6.92 Å². The number of fused-ring (bicyclic) bond motifs is 1. The van der Waals surface area contributed by atoms with Gasteiger partial charge in [0, 0.05) is 23.5 Å². The minimum Gasteiger partial charge on any atom is -0.361 e. The molecule has 0 radical (unpaired) electrons. The van der Waals surface area contributed by atoms with E-state index in [-0.39, 0.29) is 5.91 Å². The molecule has 0 spiro atoms. The molecule has 1 amide bonds. The zero-order valence-corrected chi connectivity index (χ0v) is 10.7. The molecule has 0 saturated carbocycles. The molecule has 0 fully saturated rings. The fraction of sp³-hybridized carbons (Fsp3) is 0.357. The summed E-state index contributed by atoms with van der Waals surface area (Å²) in [6.45, 7) is 4.39. The highest BCUT2D eigenvalue weighted by molar-refractivity contribution is 5.84. The summed E-state index contributed by atoms with van der Waals surface area (Å²) in [5.41, 5.74) is 5.91. The van der Waals surface area contributed by atoms with Crippen molar-refractivity contribution in [1.29, 1.82) is 0 Å². The minimum atomic E-state index is -0.0844. The molecule has 4 nitrogen and oxygen atoms in total. The molecule has 2 aromatic rings. The van der Waals surface area contributed by atoms with Crippen molar-refractivity contribution in [3.05, 3.63) is 35.5 Å². The summed E-state index contributed by atoms with van der Waals surface area (Å²) in [7, 11) is 0. The van der Waals surface area contributed by atoms with Crippen LogP contribution in [0.4, 0.5) is 0 Å². The van der Waals surface area contributed by atoms with Crippen molar-refractivity contribution in [3.8, 4) is 0 Å². The van der Waals surface area contributed by atoms with E-state index in [1.807, 2.05) is 13.1 Å².